The summed E-state index contributed by atoms with van der Waals surface area (Å²) in [6.07, 6.45) is 5.85. The Hall–Kier alpha value is -1.92. The van der Waals surface area contributed by atoms with Crippen molar-refractivity contribution < 1.29 is 4.92 Å². The highest BCUT2D eigenvalue weighted by Gasteiger charge is 2.27. The van der Waals surface area contributed by atoms with Crippen molar-refractivity contribution in [2.45, 2.75) is 45.6 Å². The van der Waals surface area contributed by atoms with Crippen molar-refractivity contribution in [3.05, 3.63) is 16.4 Å². The Morgan fingerprint density at radius 2 is 1.90 bits per heavy atom. The monoisotopic (exact) mass is 279 g/mol. The molecule has 0 amide bonds. The van der Waals surface area contributed by atoms with Crippen LogP contribution in [0.15, 0.2) is 6.33 Å². The summed E-state index contributed by atoms with van der Waals surface area (Å²) in [5.41, 5.74) is -0.0110. The summed E-state index contributed by atoms with van der Waals surface area (Å²) in [6, 6.07) is 0.0839. The van der Waals surface area contributed by atoms with Gasteiger partial charge in [0.25, 0.3) is 0 Å². The van der Waals surface area contributed by atoms with E-state index >= 15 is 0 Å². The fourth-order valence-corrected chi connectivity index (χ4v) is 2.43. The number of nitro groups is 1. The predicted octanol–water partition coefficient (Wildman–Crippen LogP) is 2.59. The molecule has 1 aliphatic heterocycles. The molecule has 110 valence electrons. The van der Waals surface area contributed by atoms with E-state index in [-0.39, 0.29) is 16.7 Å². The van der Waals surface area contributed by atoms with Gasteiger partial charge >= 0.3 is 5.69 Å². The third kappa shape index (κ3) is 3.34. The second-order valence-corrected chi connectivity index (χ2v) is 5.35. The molecule has 0 unspecified atom stereocenters. The van der Waals surface area contributed by atoms with Gasteiger partial charge in [-0.2, -0.15) is 0 Å². The summed E-state index contributed by atoms with van der Waals surface area (Å²) in [4.78, 5) is 21.2. The van der Waals surface area contributed by atoms with E-state index < -0.39 is 0 Å². The van der Waals surface area contributed by atoms with Crippen LogP contribution in [-0.2, 0) is 0 Å². The SMILES string of the molecule is CC(C)Nc1ncnc(N2CCCCCC2)c1[N+](=O)[O-]. The summed E-state index contributed by atoms with van der Waals surface area (Å²) in [6.45, 7) is 5.49. The number of hydrogen-bond donors (Lipinski definition) is 1. The molecule has 0 spiro atoms. The molecule has 0 saturated carbocycles. The summed E-state index contributed by atoms with van der Waals surface area (Å²) in [5, 5.41) is 14.4. The minimum atomic E-state index is -0.384. The lowest BCUT2D eigenvalue weighted by atomic mass is 10.2. The van der Waals surface area contributed by atoms with Crippen LogP contribution in [-0.4, -0.2) is 34.0 Å². The van der Waals surface area contributed by atoms with Crippen LogP contribution in [0, 0.1) is 10.1 Å². The van der Waals surface area contributed by atoms with E-state index in [1.165, 1.54) is 19.2 Å². The topological polar surface area (TPSA) is 84.2 Å². The smallest absolute Gasteiger partial charge is 0.353 e. The number of rotatable bonds is 4. The van der Waals surface area contributed by atoms with Gasteiger partial charge in [0.2, 0.25) is 11.6 Å². The first kappa shape index (κ1) is 14.5. The van der Waals surface area contributed by atoms with Crippen molar-refractivity contribution in [3.8, 4) is 0 Å². The van der Waals surface area contributed by atoms with Crippen LogP contribution in [0.5, 0.6) is 0 Å². The molecule has 7 nitrogen and oxygen atoms in total. The molecule has 1 fully saturated rings. The molecule has 1 aromatic heterocycles. The molecule has 1 aliphatic rings. The van der Waals surface area contributed by atoms with Crippen molar-refractivity contribution in [1.29, 1.82) is 0 Å². The Bertz CT molecular complexity index is 470. The highest BCUT2D eigenvalue weighted by atomic mass is 16.6. The van der Waals surface area contributed by atoms with E-state index in [2.05, 4.69) is 15.3 Å². The lowest BCUT2D eigenvalue weighted by molar-refractivity contribution is -0.383. The fraction of sp³-hybridized carbons (Fsp3) is 0.692. The van der Waals surface area contributed by atoms with Gasteiger partial charge in [-0.3, -0.25) is 10.1 Å². The minimum Gasteiger partial charge on any atom is -0.362 e. The maximum atomic E-state index is 11.4. The highest BCUT2D eigenvalue weighted by Crippen LogP contribution is 2.33. The Labute approximate surface area is 118 Å². The second kappa shape index (κ2) is 6.49. The molecule has 2 heterocycles. The molecular weight excluding hydrogens is 258 g/mol. The lowest BCUT2D eigenvalue weighted by Gasteiger charge is -2.21. The molecule has 2 rings (SSSR count). The van der Waals surface area contributed by atoms with Crippen LogP contribution < -0.4 is 10.2 Å². The van der Waals surface area contributed by atoms with Crippen LogP contribution in [0.3, 0.4) is 0 Å². The van der Waals surface area contributed by atoms with Gasteiger partial charge in [-0.25, -0.2) is 9.97 Å². The first-order valence-corrected chi connectivity index (χ1v) is 7.10. The van der Waals surface area contributed by atoms with Crippen LogP contribution in [0.2, 0.25) is 0 Å². The standard InChI is InChI=1S/C13H21N5O2/c1-10(2)16-12-11(18(19)20)13(15-9-14-12)17-7-5-3-4-6-8-17/h9-10H,3-8H2,1-2H3,(H,14,15,16). The first-order chi connectivity index (χ1) is 9.59. The largest absolute Gasteiger partial charge is 0.362 e. The molecule has 0 aromatic carbocycles. The van der Waals surface area contributed by atoms with Crippen LogP contribution in [0.1, 0.15) is 39.5 Å². The predicted molar refractivity (Wildman–Crippen MR) is 78.1 cm³/mol. The van der Waals surface area contributed by atoms with E-state index in [9.17, 15) is 10.1 Å². The van der Waals surface area contributed by atoms with E-state index in [4.69, 9.17) is 0 Å². The van der Waals surface area contributed by atoms with Crippen molar-refractivity contribution in [1.82, 2.24) is 9.97 Å². The zero-order chi connectivity index (χ0) is 14.5. The molecule has 0 atom stereocenters. The minimum absolute atomic E-state index is 0.0110. The van der Waals surface area contributed by atoms with Gasteiger partial charge in [-0.1, -0.05) is 12.8 Å². The molecule has 0 radical (unpaired) electrons. The van der Waals surface area contributed by atoms with Crippen molar-refractivity contribution in [2.24, 2.45) is 0 Å². The molecule has 1 aromatic rings. The zero-order valence-corrected chi connectivity index (χ0v) is 12.0. The normalized spacial score (nSPS) is 16.1. The zero-order valence-electron chi connectivity index (χ0n) is 12.0. The van der Waals surface area contributed by atoms with Gasteiger partial charge in [0.15, 0.2) is 0 Å². The lowest BCUT2D eigenvalue weighted by Crippen LogP contribution is -2.26. The quantitative estimate of drug-likeness (QED) is 0.673. The molecule has 0 bridgehead atoms. The summed E-state index contributed by atoms with van der Waals surface area (Å²) < 4.78 is 0. The fourth-order valence-electron chi connectivity index (χ4n) is 2.43. The van der Waals surface area contributed by atoms with Crippen LogP contribution >= 0.6 is 0 Å². The van der Waals surface area contributed by atoms with Crippen molar-refractivity contribution >= 4 is 17.3 Å². The van der Waals surface area contributed by atoms with Gasteiger partial charge < -0.3 is 10.2 Å². The Balaban J connectivity index is 2.37. The van der Waals surface area contributed by atoms with E-state index in [0.717, 1.165) is 25.9 Å². The Morgan fingerprint density at radius 1 is 1.25 bits per heavy atom. The van der Waals surface area contributed by atoms with E-state index in [0.29, 0.717) is 11.6 Å². The molecule has 0 aliphatic carbocycles. The third-order valence-corrected chi connectivity index (χ3v) is 3.32. The van der Waals surface area contributed by atoms with Crippen LogP contribution in [0.4, 0.5) is 17.3 Å². The third-order valence-electron chi connectivity index (χ3n) is 3.32. The number of hydrogen-bond acceptors (Lipinski definition) is 6. The van der Waals surface area contributed by atoms with E-state index in [1.807, 2.05) is 18.7 Å². The second-order valence-electron chi connectivity index (χ2n) is 5.35. The van der Waals surface area contributed by atoms with Gasteiger partial charge in [0.1, 0.15) is 6.33 Å². The summed E-state index contributed by atoms with van der Waals surface area (Å²) in [5.74, 6) is 0.745. The van der Waals surface area contributed by atoms with Gasteiger partial charge in [0, 0.05) is 19.1 Å². The van der Waals surface area contributed by atoms with Gasteiger partial charge in [-0.15, -0.1) is 0 Å². The summed E-state index contributed by atoms with van der Waals surface area (Å²) in [7, 11) is 0. The molecular formula is C13H21N5O2. The first-order valence-electron chi connectivity index (χ1n) is 7.10. The number of nitrogens with one attached hydrogen (secondary N) is 1. The van der Waals surface area contributed by atoms with E-state index in [1.54, 1.807) is 0 Å². The maximum Gasteiger partial charge on any atom is 0.353 e. The average Bonchev–Trinajstić information content (AvgIpc) is 2.66. The molecule has 1 saturated heterocycles. The summed E-state index contributed by atoms with van der Waals surface area (Å²) >= 11 is 0. The Morgan fingerprint density at radius 3 is 2.45 bits per heavy atom. The molecule has 1 N–H and O–H groups in total. The van der Waals surface area contributed by atoms with Crippen molar-refractivity contribution in [2.75, 3.05) is 23.3 Å². The van der Waals surface area contributed by atoms with Crippen LogP contribution in [0.25, 0.3) is 0 Å². The van der Waals surface area contributed by atoms with Crippen molar-refractivity contribution in [3.63, 3.8) is 0 Å². The number of nitrogens with zero attached hydrogens (tertiary/aromatic N) is 4. The number of anilines is 2. The molecule has 20 heavy (non-hydrogen) atoms. The molecule has 7 heteroatoms. The van der Waals surface area contributed by atoms with Gasteiger partial charge in [-0.05, 0) is 26.7 Å². The maximum absolute atomic E-state index is 11.4. The Kier molecular flexibility index (Phi) is 4.70. The average molecular weight is 279 g/mol. The highest BCUT2D eigenvalue weighted by molar-refractivity contribution is 5.70. The number of aromatic nitrogens is 2. The van der Waals surface area contributed by atoms with Gasteiger partial charge in [0.05, 0.1) is 4.92 Å².